The fraction of sp³-hybridized carbons (Fsp3) is 0.667. The maximum atomic E-state index is 13.3. The van der Waals surface area contributed by atoms with Gasteiger partial charge >= 0.3 is 0 Å². The van der Waals surface area contributed by atoms with E-state index in [2.05, 4.69) is 16.9 Å². The standard InChI is InChI=1S/C12H16ClFN2/c1-7-3-5-9(6-4-7)12-15-8(2)10(14)11(13)16-12/h7,9H,3-6H2,1-2H3. The quantitative estimate of drug-likeness (QED) is 0.699. The fourth-order valence-electron chi connectivity index (χ4n) is 2.25. The molecule has 2 rings (SSSR count). The number of halogens is 2. The Morgan fingerprint density at radius 1 is 1.19 bits per heavy atom. The van der Waals surface area contributed by atoms with Gasteiger partial charge in [-0.2, -0.15) is 0 Å². The van der Waals surface area contributed by atoms with E-state index in [1.807, 2.05) is 0 Å². The predicted octanol–water partition coefficient (Wildman–Crippen LogP) is 3.87. The fourth-order valence-corrected chi connectivity index (χ4v) is 2.47. The third-order valence-corrected chi connectivity index (χ3v) is 3.63. The van der Waals surface area contributed by atoms with Gasteiger partial charge in [-0.3, -0.25) is 0 Å². The van der Waals surface area contributed by atoms with Gasteiger partial charge < -0.3 is 0 Å². The normalized spacial score (nSPS) is 25.8. The second-order valence-corrected chi connectivity index (χ2v) is 5.09. The van der Waals surface area contributed by atoms with E-state index in [0.29, 0.717) is 11.6 Å². The zero-order valence-electron chi connectivity index (χ0n) is 9.63. The van der Waals surface area contributed by atoms with E-state index in [1.165, 1.54) is 12.8 Å². The third kappa shape index (κ3) is 2.34. The first-order chi connectivity index (χ1) is 7.58. The number of hydrogen-bond acceptors (Lipinski definition) is 2. The molecule has 1 aromatic heterocycles. The molecule has 0 radical (unpaired) electrons. The van der Waals surface area contributed by atoms with Gasteiger partial charge in [0.15, 0.2) is 11.0 Å². The summed E-state index contributed by atoms with van der Waals surface area (Å²) in [6.07, 6.45) is 4.56. The Kier molecular flexibility index (Phi) is 3.43. The zero-order valence-corrected chi connectivity index (χ0v) is 10.4. The Morgan fingerprint density at radius 2 is 1.81 bits per heavy atom. The summed E-state index contributed by atoms with van der Waals surface area (Å²) in [5.74, 6) is 1.37. The lowest BCUT2D eigenvalue weighted by Gasteiger charge is -2.25. The average molecular weight is 243 g/mol. The van der Waals surface area contributed by atoms with E-state index < -0.39 is 5.82 Å². The van der Waals surface area contributed by atoms with Crippen molar-refractivity contribution in [1.82, 2.24) is 9.97 Å². The summed E-state index contributed by atoms with van der Waals surface area (Å²) in [4.78, 5) is 8.27. The zero-order chi connectivity index (χ0) is 11.7. The second kappa shape index (κ2) is 4.66. The van der Waals surface area contributed by atoms with Gasteiger partial charge in [0, 0.05) is 5.92 Å². The minimum atomic E-state index is -0.491. The Balaban J connectivity index is 2.21. The van der Waals surface area contributed by atoms with Crippen LogP contribution in [0.25, 0.3) is 0 Å². The highest BCUT2D eigenvalue weighted by atomic mass is 35.5. The van der Waals surface area contributed by atoms with Gasteiger partial charge in [-0.1, -0.05) is 31.4 Å². The molecule has 1 aliphatic rings. The highest BCUT2D eigenvalue weighted by molar-refractivity contribution is 6.29. The van der Waals surface area contributed by atoms with Crippen molar-refractivity contribution in [2.45, 2.75) is 45.4 Å². The minimum absolute atomic E-state index is 0.0406. The van der Waals surface area contributed by atoms with Gasteiger partial charge in [0.2, 0.25) is 0 Å². The molecule has 0 atom stereocenters. The Bertz CT molecular complexity index is 364. The van der Waals surface area contributed by atoms with Gasteiger partial charge in [-0.05, 0) is 25.7 Å². The first-order valence-corrected chi connectivity index (χ1v) is 6.15. The van der Waals surface area contributed by atoms with Gasteiger partial charge in [0.05, 0.1) is 5.69 Å². The van der Waals surface area contributed by atoms with Crippen LogP contribution in [-0.2, 0) is 0 Å². The molecule has 1 aromatic rings. The van der Waals surface area contributed by atoms with Crippen LogP contribution in [0.1, 0.15) is 50.0 Å². The summed E-state index contributed by atoms with van der Waals surface area (Å²) in [5, 5.41) is -0.0406. The molecule has 0 spiro atoms. The maximum Gasteiger partial charge on any atom is 0.181 e. The summed E-state index contributed by atoms with van der Waals surface area (Å²) < 4.78 is 13.3. The number of aryl methyl sites for hydroxylation is 1. The van der Waals surface area contributed by atoms with Gasteiger partial charge in [-0.15, -0.1) is 0 Å². The van der Waals surface area contributed by atoms with Crippen molar-refractivity contribution in [1.29, 1.82) is 0 Å². The van der Waals surface area contributed by atoms with E-state index in [9.17, 15) is 4.39 Å². The lowest BCUT2D eigenvalue weighted by atomic mass is 9.82. The van der Waals surface area contributed by atoms with Gasteiger partial charge in [0.25, 0.3) is 0 Å². The molecule has 0 N–H and O–H groups in total. The minimum Gasteiger partial charge on any atom is -0.235 e. The Hall–Kier alpha value is -0.700. The van der Waals surface area contributed by atoms with Crippen molar-refractivity contribution in [3.8, 4) is 0 Å². The van der Waals surface area contributed by atoms with Crippen molar-refractivity contribution in [3.05, 3.63) is 22.5 Å². The van der Waals surface area contributed by atoms with Crippen LogP contribution in [0.2, 0.25) is 5.15 Å². The summed E-state index contributed by atoms with van der Waals surface area (Å²) >= 11 is 5.74. The molecular weight excluding hydrogens is 227 g/mol. The summed E-state index contributed by atoms with van der Waals surface area (Å²) in [6, 6.07) is 0. The predicted molar refractivity (Wildman–Crippen MR) is 62.1 cm³/mol. The molecule has 0 bridgehead atoms. The highest BCUT2D eigenvalue weighted by Gasteiger charge is 2.23. The van der Waals surface area contributed by atoms with Crippen molar-refractivity contribution < 1.29 is 4.39 Å². The summed E-state index contributed by atoms with van der Waals surface area (Å²) in [6.45, 7) is 3.90. The largest absolute Gasteiger partial charge is 0.235 e. The highest BCUT2D eigenvalue weighted by Crippen LogP contribution is 2.34. The molecule has 1 aliphatic carbocycles. The SMILES string of the molecule is Cc1nc(C2CCC(C)CC2)nc(Cl)c1F. The van der Waals surface area contributed by atoms with Crippen molar-refractivity contribution in [2.75, 3.05) is 0 Å². The number of aromatic nitrogens is 2. The molecule has 88 valence electrons. The molecule has 1 fully saturated rings. The van der Waals surface area contributed by atoms with Crippen LogP contribution >= 0.6 is 11.6 Å². The van der Waals surface area contributed by atoms with E-state index >= 15 is 0 Å². The topological polar surface area (TPSA) is 25.8 Å². The van der Waals surface area contributed by atoms with E-state index in [0.717, 1.165) is 24.6 Å². The molecule has 0 unspecified atom stereocenters. The molecule has 2 nitrogen and oxygen atoms in total. The van der Waals surface area contributed by atoms with E-state index in [4.69, 9.17) is 11.6 Å². The Morgan fingerprint density at radius 3 is 2.38 bits per heavy atom. The summed E-state index contributed by atoms with van der Waals surface area (Å²) in [7, 11) is 0. The molecule has 1 saturated carbocycles. The first-order valence-electron chi connectivity index (χ1n) is 5.77. The van der Waals surface area contributed by atoms with Gasteiger partial charge in [0.1, 0.15) is 5.82 Å². The Labute approximate surface area is 100 Å². The first kappa shape index (κ1) is 11.8. The monoisotopic (exact) mass is 242 g/mol. The molecule has 4 heteroatoms. The lowest BCUT2D eigenvalue weighted by molar-refractivity contribution is 0.338. The number of nitrogens with zero attached hydrogens (tertiary/aromatic N) is 2. The molecule has 16 heavy (non-hydrogen) atoms. The third-order valence-electron chi connectivity index (χ3n) is 3.37. The summed E-state index contributed by atoms with van der Waals surface area (Å²) in [5.41, 5.74) is 0.355. The van der Waals surface area contributed by atoms with E-state index in [1.54, 1.807) is 6.92 Å². The number of hydrogen-bond donors (Lipinski definition) is 0. The van der Waals surface area contributed by atoms with Crippen LogP contribution in [0.4, 0.5) is 4.39 Å². The smallest absolute Gasteiger partial charge is 0.181 e. The van der Waals surface area contributed by atoms with E-state index in [-0.39, 0.29) is 5.15 Å². The molecule has 0 aromatic carbocycles. The number of rotatable bonds is 1. The van der Waals surface area contributed by atoms with Crippen molar-refractivity contribution >= 4 is 11.6 Å². The molecule has 0 saturated heterocycles. The molecular formula is C12H16ClFN2. The van der Waals surface area contributed by atoms with Crippen molar-refractivity contribution in [3.63, 3.8) is 0 Å². The maximum absolute atomic E-state index is 13.3. The van der Waals surface area contributed by atoms with Gasteiger partial charge in [-0.25, -0.2) is 14.4 Å². The van der Waals surface area contributed by atoms with Crippen LogP contribution in [0.3, 0.4) is 0 Å². The lowest BCUT2D eigenvalue weighted by Crippen LogP contribution is -2.14. The molecule has 0 aliphatic heterocycles. The molecule has 0 amide bonds. The molecule has 1 heterocycles. The average Bonchev–Trinajstić information content (AvgIpc) is 2.26. The second-order valence-electron chi connectivity index (χ2n) is 4.73. The van der Waals surface area contributed by atoms with Crippen LogP contribution < -0.4 is 0 Å². The van der Waals surface area contributed by atoms with Crippen LogP contribution in [-0.4, -0.2) is 9.97 Å². The van der Waals surface area contributed by atoms with Crippen LogP contribution in [0, 0.1) is 18.7 Å². The van der Waals surface area contributed by atoms with Crippen molar-refractivity contribution in [2.24, 2.45) is 5.92 Å². The van der Waals surface area contributed by atoms with Crippen LogP contribution in [0.15, 0.2) is 0 Å². The van der Waals surface area contributed by atoms with Crippen LogP contribution in [0.5, 0.6) is 0 Å².